The van der Waals surface area contributed by atoms with Crippen molar-refractivity contribution in [2.75, 3.05) is 19.6 Å². The lowest BCUT2D eigenvalue weighted by atomic mass is 9.91. The highest BCUT2D eigenvalue weighted by molar-refractivity contribution is 5.80. The molecule has 154 valence electrons. The molecule has 1 aliphatic heterocycles. The van der Waals surface area contributed by atoms with Gasteiger partial charge >= 0.3 is 6.09 Å². The molecule has 5 heteroatoms. The van der Waals surface area contributed by atoms with Gasteiger partial charge in [0, 0.05) is 25.6 Å². The number of amides is 2. The summed E-state index contributed by atoms with van der Waals surface area (Å²) in [5, 5.41) is 3.11. The second kappa shape index (κ2) is 9.12. The first kappa shape index (κ1) is 20.9. The van der Waals surface area contributed by atoms with Gasteiger partial charge in [0.05, 0.1) is 5.92 Å². The molecule has 0 spiro atoms. The summed E-state index contributed by atoms with van der Waals surface area (Å²) in [4.78, 5) is 26.6. The molecule has 2 aromatic rings. The Labute approximate surface area is 173 Å². The van der Waals surface area contributed by atoms with Gasteiger partial charge < -0.3 is 15.0 Å². The summed E-state index contributed by atoms with van der Waals surface area (Å²) in [5.41, 5.74) is 1.80. The van der Waals surface area contributed by atoms with Gasteiger partial charge in [-0.3, -0.25) is 4.79 Å². The van der Waals surface area contributed by atoms with Gasteiger partial charge in [0.2, 0.25) is 5.91 Å². The summed E-state index contributed by atoms with van der Waals surface area (Å²) < 4.78 is 5.42. The minimum atomic E-state index is -0.532. The van der Waals surface area contributed by atoms with Gasteiger partial charge in [-0.2, -0.15) is 0 Å². The van der Waals surface area contributed by atoms with E-state index in [0.717, 1.165) is 0 Å². The van der Waals surface area contributed by atoms with Crippen LogP contribution >= 0.6 is 0 Å². The van der Waals surface area contributed by atoms with Crippen molar-refractivity contribution in [1.29, 1.82) is 0 Å². The van der Waals surface area contributed by atoms with E-state index >= 15 is 0 Å². The van der Waals surface area contributed by atoms with E-state index in [1.165, 1.54) is 11.1 Å². The smallest absolute Gasteiger partial charge is 0.410 e. The van der Waals surface area contributed by atoms with Gasteiger partial charge in [0.15, 0.2) is 0 Å². The van der Waals surface area contributed by atoms with Crippen molar-refractivity contribution in [3.05, 3.63) is 71.8 Å². The Morgan fingerprint density at radius 3 is 2.10 bits per heavy atom. The number of rotatable bonds is 5. The molecule has 0 aromatic heterocycles. The fourth-order valence-corrected chi connectivity index (χ4v) is 3.61. The maximum atomic E-state index is 12.8. The van der Waals surface area contributed by atoms with Gasteiger partial charge in [-0.1, -0.05) is 60.7 Å². The summed E-state index contributed by atoms with van der Waals surface area (Å²) in [6.45, 7) is 7.01. The van der Waals surface area contributed by atoms with E-state index in [4.69, 9.17) is 4.74 Å². The lowest BCUT2D eigenvalue weighted by molar-refractivity contribution is -0.124. The summed E-state index contributed by atoms with van der Waals surface area (Å²) >= 11 is 0. The molecule has 1 N–H and O–H groups in total. The van der Waals surface area contributed by atoms with Crippen molar-refractivity contribution in [3.63, 3.8) is 0 Å². The molecule has 0 radical (unpaired) electrons. The monoisotopic (exact) mass is 394 g/mol. The second-order valence-electron chi connectivity index (χ2n) is 8.53. The number of hydrogen-bond donors (Lipinski definition) is 1. The predicted molar refractivity (Wildman–Crippen MR) is 114 cm³/mol. The molecule has 1 atom stereocenters. The molecule has 2 amide bonds. The minimum Gasteiger partial charge on any atom is -0.444 e. The van der Waals surface area contributed by atoms with E-state index in [2.05, 4.69) is 29.6 Å². The Kier molecular flexibility index (Phi) is 6.57. The predicted octanol–water partition coefficient (Wildman–Crippen LogP) is 4.19. The Bertz CT molecular complexity index is 776. The standard InChI is InChI=1S/C24H30N2O3/c1-24(2,3)29-23(28)26-15-14-20(17-26)22(27)25-16-21(18-10-6-4-7-11-18)19-12-8-5-9-13-19/h4-13,20-21H,14-17H2,1-3H3,(H,25,27). The van der Waals surface area contributed by atoms with E-state index in [1.807, 2.05) is 57.2 Å². The minimum absolute atomic E-state index is 0.00655. The van der Waals surface area contributed by atoms with Gasteiger partial charge in [0.25, 0.3) is 0 Å². The van der Waals surface area contributed by atoms with E-state index in [1.54, 1.807) is 4.90 Å². The molecule has 5 nitrogen and oxygen atoms in total. The van der Waals surface area contributed by atoms with Crippen LogP contribution in [0, 0.1) is 5.92 Å². The zero-order valence-electron chi connectivity index (χ0n) is 17.4. The van der Waals surface area contributed by atoms with Gasteiger partial charge in [-0.05, 0) is 38.3 Å². The number of nitrogens with one attached hydrogen (secondary N) is 1. The molecule has 2 aromatic carbocycles. The topological polar surface area (TPSA) is 58.6 Å². The SMILES string of the molecule is CC(C)(C)OC(=O)N1CCC(C(=O)NCC(c2ccccc2)c2ccccc2)C1. The van der Waals surface area contributed by atoms with Crippen LogP contribution in [0.15, 0.2) is 60.7 Å². The van der Waals surface area contributed by atoms with Crippen LogP contribution in [0.2, 0.25) is 0 Å². The third-order valence-corrected chi connectivity index (χ3v) is 5.10. The molecule has 1 heterocycles. The first-order valence-corrected chi connectivity index (χ1v) is 10.2. The zero-order chi connectivity index (χ0) is 20.9. The molecule has 29 heavy (non-hydrogen) atoms. The Hall–Kier alpha value is -2.82. The fourth-order valence-electron chi connectivity index (χ4n) is 3.61. The lowest BCUT2D eigenvalue weighted by Crippen LogP contribution is -2.38. The summed E-state index contributed by atoms with van der Waals surface area (Å²) in [6, 6.07) is 20.4. The van der Waals surface area contributed by atoms with Crippen LogP contribution in [0.1, 0.15) is 44.2 Å². The Morgan fingerprint density at radius 1 is 1.03 bits per heavy atom. The van der Waals surface area contributed by atoms with Crippen molar-refractivity contribution in [2.24, 2.45) is 5.92 Å². The maximum absolute atomic E-state index is 12.8. The number of ether oxygens (including phenoxy) is 1. The highest BCUT2D eigenvalue weighted by atomic mass is 16.6. The third-order valence-electron chi connectivity index (χ3n) is 5.10. The average molecular weight is 395 g/mol. The van der Waals surface area contributed by atoms with Crippen molar-refractivity contribution in [3.8, 4) is 0 Å². The summed E-state index contributed by atoms with van der Waals surface area (Å²) in [7, 11) is 0. The van der Waals surface area contributed by atoms with Crippen LogP contribution in [0.4, 0.5) is 4.79 Å². The molecule has 0 aliphatic carbocycles. The highest BCUT2D eigenvalue weighted by Gasteiger charge is 2.33. The quantitative estimate of drug-likeness (QED) is 0.827. The van der Waals surface area contributed by atoms with Crippen LogP contribution in [-0.4, -0.2) is 42.1 Å². The number of carbonyl (C=O) groups is 2. The number of carbonyl (C=O) groups excluding carboxylic acids is 2. The molecule has 1 saturated heterocycles. The highest BCUT2D eigenvalue weighted by Crippen LogP contribution is 2.25. The lowest BCUT2D eigenvalue weighted by Gasteiger charge is -2.24. The zero-order valence-corrected chi connectivity index (χ0v) is 17.4. The molecule has 1 fully saturated rings. The maximum Gasteiger partial charge on any atom is 0.410 e. The van der Waals surface area contributed by atoms with E-state index in [9.17, 15) is 9.59 Å². The van der Waals surface area contributed by atoms with E-state index < -0.39 is 5.60 Å². The van der Waals surface area contributed by atoms with Crippen LogP contribution in [0.25, 0.3) is 0 Å². The van der Waals surface area contributed by atoms with Gasteiger partial charge in [0.1, 0.15) is 5.60 Å². The summed E-state index contributed by atoms with van der Waals surface area (Å²) in [6.07, 6.45) is 0.311. The largest absolute Gasteiger partial charge is 0.444 e. The number of benzene rings is 2. The molecule has 0 saturated carbocycles. The van der Waals surface area contributed by atoms with Gasteiger partial charge in [-0.15, -0.1) is 0 Å². The van der Waals surface area contributed by atoms with Crippen molar-refractivity contribution in [1.82, 2.24) is 10.2 Å². The van der Waals surface area contributed by atoms with Crippen molar-refractivity contribution in [2.45, 2.75) is 38.7 Å². The molecule has 0 bridgehead atoms. The second-order valence-corrected chi connectivity index (χ2v) is 8.53. The molecular weight excluding hydrogens is 364 g/mol. The van der Waals surface area contributed by atoms with Crippen molar-refractivity contribution >= 4 is 12.0 Å². The van der Waals surface area contributed by atoms with E-state index in [0.29, 0.717) is 26.1 Å². The fraction of sp³-hybridized carbons (Fsp3) is 0.417. The third kappa shape index (κ3) is 5.83. The van der Waals surface area contributed by atoms with Crippen LogP contribution in [-0.2, 0) is 9.53 Å². The van der Waals surface area contributed by atoms with Crippen LogP contribution in [0.5, 0.6) is 0 Å². The Balaban J connectivity index is 1.60. The molecular formula is C24H30N2O3. The summed E-state index contributed by atoms with van der Waals surface area (Å²) in [5.74, 6) is -0.118. The number of likely N-dealkylation sites (tertiary alicyclic amines) is 1. The first-order valence-electron chi connectivity index (χ1n) is 10.2. The number of nitrogens with zero attached hydrogens (tertiary/aromatic N) is 1. The number of hydrogen-bond acceptors (Lipinski definition) is 3. The molecule has 3 rings (SSSR count). The van der Waals surface area contributed by atoms with Crippen molar-refractivity contribution < 1.29 is 14.3 Å². The first-order chi connectivity index (χ1) is 13.8. The average Bonchev–Trinajstić information content (AvgIpc) is 3.19. The van der Waals surface area contributed by atoms with Crippen LogP contribution in [0.3, 0.4) is 0 Å². The molecule has 1 unspecified atom stereocenters. The van der Waals surface area contributed by atoms with Crippen LogP contribution < -0.4 is 5.32 Å². The Morgan fingerprint density at radius 2 is 1.59 bits per heavy atom. The molecule has 1 aliphatic rings. The van der Waals surface area contributed by atoms with Gasteiger partial charge in [-0.25, -0.2) is 4.79 Å². The normalized spacial score (nSPS) is 16.7. The van der Waals surface area contributed by atoms with E-state index in [-0.39, 0.29) is 23.8 Å².